The normalized spacial score (nSPS) is 9.75. The van der Waals surface area contributed by atoms with Gasteiger partial charge in [-0.2, -0.15) is 15.2 Å². The molecule has 1 aromatic heterocycles. The summed E-state index contributed by atoms with van der Waals surface area (Å²) in [5.41, 5.74) is 0.315. The van der Waals surface area contributed by atoms with E-state index in [1.165, 1.54) is 7.11 Å². The maximum absolute atomic E-state index is 9.04. The Morgan fingerprint density at radius 1 is 1.38 bits per heavy atom. The highest BCUT2D eigenvalue weighted by Gasteiger charge is 2.14. The molecular weight excluding hydrogens is 206 g/mol. The van der Waals surface area contributed by atoms with Gasteiger partial charge in [0.1, 0.15) is 6.07 Å². The molecule has 0 saturated carbocycles. The first-order valence-corrected chi connectivity index (χ1v) is 4.92. The zero-order chi connectivity index (χ0) is 12.1. The molecule has 1 rings (SSSR count). The van der Waals surface area contributed by atoms with Crippen LogP contribution in [0.15, 0.2) is 0 Å². The van der Waals surface area contributed by atoms with Crippen molar-refractivity contribution in [3.8, 4) is 11.9 Å². The van der Waals surface area contributed by atoms with Crippen LogP contribution in [-0.2, 0) is 0 Å². The molecule has 0 atom stereocenters. The fourth-order valence-electron chi connectivity index (χ4n) is 1.18. The third-order valence-electron chi connectivity index (χ3n) is 1.83. The van der Waals surface area contributed by atoms with Crippen molar-refractivity contribution in [1.82, 2.24) is 9.97 Å². The number of hydrogen-bond donors (Lipinski definition) is 2. The average Bonchev–Trinajstić information content (AvgIpc) is 2.27. The molecule has 1 heterocycles. The van der Waals surface area contributed by atoms with Gasteiger partial charge in [-0.15, -0.1) is 0 Å². The Bertz CT molecular complexity index is 410. The molecule has 0 spiro atoms. The number of nitrogens with one attached hydrogen (secondary N) is 2. The molecule has 0 unspecified atom stereocenters. The smallest absolute Gasteiger partial charge is 0.238 e. The summed E-state index contributed by atoms with van der Waals surface area (Å²) in [6, 6.07) is 2.21. The van der Waals surface area contributed by atoms with E-state index in [-0.39, 0.29) is 11.9 Å². The summed E-state index contributed by atoms with van der Waals surface area (Å²) in [6.07, 6.45) is 0. The molecule has 0 bridgehead atoms. The van der Waals surface area contributed by atoms with Gasteiger partial charge in [0.25, 0.3) is 0 Å². The molecule has 0 aliphatic carbocycles. The lowest BCUT2D eigenvalue weighted by Gasteiger charge is -2.13. The second kappa shape index (κ2) is 5.16. The zero-order valence-electron chi connectivity index (χ0n) is 9.83. The van der Waals surface area contributed by atoms with Crippen LogP contribution in [-0.4, -0.2) is 30.2 Å². The lowest BCUT2D eigenvalue weighted by Crippen LogP contribution is -2.14. The van der Waals surface area contributed by atoms with E-state index in [0.717, 1.165) is 0 Å². The number of nitrogens with zero attached hydrogens (tertiary/aromatic N) is 3. The van der Waals surface area contributed by atoms with E-state index < -0.39 is 0 Å². The SMILES string of the molecule is CNc1nc(NC(C)C)c(C#N)c(OC)n1. The standard InChI is InChI=1S/C10H15N5O/c1-6(2)13-8-7(5-11)9(16-4)15-10(12-3)14-8/h6H,1-4H3,(H2,12,13,14,15). The van der Waals surface area contributed by atoms with Gasteiger partial charge in [0, 0.05) is 13.1 Å². The maximum atomic E-state index is 9.04. The molecule has 0 saturated heterocycles. The Labute approximate surface area is 94.7 Å². The Hall–Kier alpha value is -2.03. The van der Waals surface area contributed by atoms with Crippen molar-refractivity contribution in [1.29, 1.82) is 5.26 Å². The summed E-state index contributed by atoms with van der Waals surface area (Å²) in [5.74, 6) is 1.16. The predicted octanol–water partition coefficient (Wildman–Crippen LogP) is 1.22. The summed E-state index contributed by atoms with van der Waals surface area (Å²) in [5, 5.41) is 14.9. The van der Waals surface area contributed by atoms with Gasteiger partial charge in [-0.05, 0) is 13.8 Å². The Morgan fingerprint density at radius 2 is 2.06 bits per heavy atom. The minimum Gasteiger partial charge on any atom is -0.480 e. The monoisotopic (exact) mass is 221 g/mol. The minimum absolute atomic E-state index is 0.177. The summed E-state index contributed by atoms with van der Waals surface area (Å²) >= 11 is 0. The van der Waals surface area contributed by atoms with Crippen molar-refractivity contribution < 1.29 is 4.74 Å². The predicted molar refractivity (Wildman–Crippen MR) is 61.6 cm³/mol. The van der Waals surface area contributed by atoms with Gasteiger partial charge < -0.3 is 15.4 Å². The van der Waals surface area contributed by atoms with E-state index in [4.69, 9.17) is 10.00 Å². The topological polar surface area (TPSA) is 82.9 Å². The van der Waals surface area contributed by atoms with Crippen LogP contribution in [0.3, 0.4) is 0 Å². The summed E-state index contributed by atoms with van der Waals surface area (Å²) in [4.78, 5) is 8.22. The van der Waals surface area contributed by atoms with Crippen LogP contribution in [0, 0.1) is 11.3 Å². The molecule has 86 valence electrons. The Balaban J connectivity index is 3.27. The number of aromatic nitrogens is 2. The van der Waals surface area contributed by atoms with Crippen molar-refractivity contribution in [2.24, 2.45) is 0 Å². The van der Waals surface area contributed by atoms with Gasteiger partial charge in [-0.1, -0.05) is 0 Å². The van der Waals surface area contributed by atoms with Crippen molar-refractivity contribution in [2.45, 2.75) is 19.9 Å². The van der Waals surface area contributed by atoms with E-state index >= 15 is 0 Å². The van der Waals surface area contributed by atoms with Gasteiger partial charge in [-0.25, -0.2) is 0 Å². The van der Waals surface area contributed by atoms with E-state index in [2.05, 4.69) is 20.6 Å². The average molecular weight is 221 g/mol. The lowest BCUT2D eigenvalue weighted by atomic mass is 10.3. The van der Waals surface area contributed by atoms with Crippen molar-refractivity contribution in [2.75, 3.05) is 24.8 Å². The highest BCUT2D eigenvalue weighted by atomic mass is 16.5. The van der Waals surface area contributed by atoms with Crippen molar-refractivity contribution >= 4 is 11.8 Å². The first-order valence-electron chi connectivity index (χ1n) is 4.92. The molecule has 0 fully saturated rings. The van der Waals surface area contributed by atoms with Crippen LogP contribution in [0.2, 0.25) is 0 Å². The van der Waals surface area contributed by atoms with Crippen LogP contribution in [0.25, 0.3) is 0 Å². The van der Waals surface area contributed by atoms with Gasteiger partial charge in [0.2, 0.25) is 11.8 Å². The largest absolute Gasteiger partial charge is 0.480 e. The molecule has 0 aliphatic rings. The number of nitriles is 1. The lowest BCUT2D eigenvalue weighted by molar-refractivity contribution is 0.396. The Morgan fingerprint density at radius 3 is 2.50 bits per heavy atom. The fraction of sp³-hybridized carbons (Fsp3) is 0.500. The van der Waals surface area contributed by atoms with Gasteiger partial charge in [-0.3, -0.25) is 0 Å². The quantitative estimate of drug-likeness (QED) is 0.795. The molecule has 0 radical (unpaired) electrons. The molecular formula is C10H15N5O. The van der Waals surface area contributed by atoms with Crippen molar-refractivity contribution in [3.05, 3.63) is 5.56 Å². The fourth-order valence-corrected chi connectivity index (χ4v) is 1.18. The molecule has 0 amide bonds. The number of methoxy groups -OCH3 is 1. The maximum Gasteiger partial charge on any atom is 0.238 e. The first-order chi connectivity index (χ1) is 7.62. The minimum atomic E-state index is 0.177. The summed E-state index contributed by atoms with van der Waals surface area (Å²) in [7, 11) is 3.18. The zero-order valence-corrected chi connectivity index (χ0v) is 9.83. The second-order valence-electron chi connectivity index (χ2n) is 3.44. The van der Waals surface area contributed by atoms with Crippen LogP contribution in [0.1, 0.15) is 19.4 Å². The first kappa shape index (κ1) is 12.0. The number of ether oxygens (including phenoxy) is 1. The third kappa shape index (κ3) is 2.51. The van der Waals surface area contributed by atoms with Crippen LogP contribution in [0.5, 0.6) is 5.88 Å². The van der Waals surface area contributed by atoms with Gasteiger partial charge >= 0.3 is 0 Å². The number of hydrogen-bond acceptors (Lipinski definition) is 6. The molecule has 2 N–H and O–H groups in total. The highest BCUT2D eigenvalue weighted by molar-refractivity contribution is 5.59. The molecule has 1 aromatic rings. The molecule has 0 aromatic carbocycles. The van der Waals surface area contributed by atoms with Gasteiger partial charge in [0.15, 0.2) is 11.4 Å². The van der Waals surface area contributed by atoms with Crippen molar-refractivity contribution in [3.63, 3.8) is 0 Å². The van der Waals surface area contributed by atoms with Crippen LogP contribution >= 0.6 is 0 Å². The van der Waals surface area contributed by atoms with E-state index in [1.54, 1.807) is 7.05 Å². The summed E-state index contributed by atoms with van der Waals surface area (Å²) < 4.78 is 5.05. The Kier molecular flexibility index (Phi) is 3.89. The van der Waals surface area contributed by atoms with Gasteiger partial charge in [0.05, 0.1) is 7.11 Å². The van der Waals surface area contributed by atoms with E-state index in [1.807, 2.05) is 19.9 Å². The number of anilines is 2. The van der Waals surface area contributed by atoms with E-state index in [0.29, 0.717) is 17.3 Å². The molecule has 16 heavy (non-hydrogen) atoms. The second-order valence-corrected chi connectivity index (χ2v) is 3.44. The third-order valence-corrected chi connectivity index (χ3v) is 1.83. The molecule has 0 aliphatic heterocycles. The van der Waals surface area contributed by atoms with E-state index in [9.17, 15) is 0 Å². The molecule has 6 heteroatoms. The van der Waals surface area contributed by atoms with Crippen LogP contribution in [0.4, 0.5) is 11.8 Å². The van der Waals surface area contributed by atoms with Crippen LogP contribution < -0.4 is 15.4 Å². The summed E-state index contributed by atoms with van der Waals surface area (Å²) in [6.45, 7) is 3.93. The number of rotatable bonds is 4. The highest BCUT2D eigenvalue weighted by Crippen LogP contribution is 2.23. The molecule has 6 nitrogen and oxygen atoms in total.